The fraction of sp³-hybridized carbons (Fsp3) is 0.843. The zero-order valence-corrected chi connectivity index (χ0v) is 49.7. The predicted molar refractivity (Wildman–Crippen MR) is 277 cm³/mol. The largest absolute Gasteiger partial charge is 0.497 e. The predicted octanol–water partition coefficient (Wildman–Crippen LogP) is 14.9. The van der Waals surface area contributed by atoms with Gasteiger partial charge in [-0.3, -0.25) is 4.79 Å². The first-order chi connectivity index (χ1) is 28.2. The summed E-state index contributed by atoms with van der Waals surface area (Å²) in [6.07, 6.45) is 0.267. The standard InChI is InChI=1S/C51H100O8Si4/c1-36(2)63(37(3)4,38(5)6)56-41(9)31-39(7)46(58-61(23,24)49(13,14)15)47(59-62(25,26)50(16,17)18)45(53)32-44(57-60(21,22)48(10,11)12)33-51(19,40(8)34-52)55-35-42-27-29-43(54-20)30-28-42/h27-30,34,36-41,44,46-47H,31-33,35H2,1-26H3/t39-,40+,41+,44-,46+,47+,51-/m1/s1. The molecule has 0 amide bonds. The van der Waals surface area contributed by atoms with Gasteiger partial charge in [-0.15, -0.1) is 0 Å². The summed E-state index contributed by atoms with van der Waals surface area (Å²) in [5, 5.41) is -0.385. The lowest BCUT2D eigenvalue weighted by Crippen LogP contribution is -2.57. The van der Waals surface area contributed by atoms with E-state index in [1.807, 2.05) is 38.1 Å². The highest BCUT2D eigenvalue weighted by molar-refractivity contribution is 6.77. The number of carbonyl (C=O) groups excluding carboxylic acids is 2. The second kappa shape index (κ2) is 22.9. The van der Waals surface area contributed by atoms with Gasteiger partial charge in [-0.25, -0.2) is 0 Å². The maximum atomic E-state index is 15.7. The van der Waals surface area contributed by atoms with E-state index in [0.717, 1.165) is 24.0 Å². The fourth-order valence-electron chi connectivity index (χ4n) is 8.30. The average molecular weight is 954 g/mol. The topological polar surface area (TPSA) is 89.5 Å². The number of Topliss-reactive ketones (excluding diaryl/α,β-unsaturated/α-hetero) is 1. The molecule has 0 bridgehead atoms. The molecule has 0 aliphatic rings. The highest BCUT2D eigenvalue weighted by Crippen LogP contribution is 2.46. The molecule has 1 aromatic rings. The summed E-state index contributed by atoms with van der Waals surface area (Å²) in [5.41, 5.74) is 1.40. The highest BCUT2D eigenvalue weighted by atomic mass is 28.4. The van der Waals surface area contributed by atoms with Crippen molar-refractivity contribution >= 4 is 45.3 Å². The maximum Gasteiger partial charge on any atom is 0.200 e. The number of ether oxygens (including phenoxy) is 2. The quantitative estimate of drug-likeness (QED) is 0.0670. The van der Waals surface area contributed by atoms with Gasteiger partial charge in [0.15, 0.2) is 30.7 Å². The van der Waals surface area contributed by atoms with E-state index in [-0.39, 0.29) is 39.3 Å². The van der Waals surface area contributed by atoms with Gasteiger partial charge in [-0.2, -0.15) is 0 Å². The van der Waals surface area contributed by atoms with Gasteiger partial charge in [-0.05, 0) is 115 Å². The summed E-state index contributed by atoms with van der Waals surface area (Å²) < 4.78 is 41.8. The second-order valence-electron chi connectivity index (χ2n) is 24.8. The molecule has 368 valence electrons. The van der Waals surface area contributed by atoms with Crippen LogP contribution in [0.3, 0.4) is 0 Å². The van der Waals surface area contributed by atoms with Crippen LogP contribution in [0.5, 0.6) is 5.75 Å². The van der Waals surface area contributed by atoms with Crippen molar-refractivity contribution in [2.24, 2.45) is 11.8 Å². The molecule has 0 N–H and O–H groups in total. The number of methoxy groups -OCH3 is 1. The molecule has 0 saturated heterocycles. The number of benzene rings is 1. The Kier molecular flexibility index (Phi) is 21.8. The molecule has 0 radical (unpaired) electrons. The van der Waals surface area contributed by atoms with Gasteiger partial charge in [0.05, 0.1) is 31.5 Å². The monoisotopic (exact) mass is 953 g/mol. The zero-order valence-electron chi connectivity index (χ0n) is 45.7. The van der Waals surface area contributed by atoms with Crippen molar-refractivity contribution in [3.05, 3.63) is 29.8 Å². The third-order valence-electron chi connectivity index (χ3n) is 15.7. The molecule has 0 aliphatic heterocycles. The smallest absolute Gasteiger partial charge is 0.200 e. The Morgan fingerprint density at radius 3 is 1.46 bits per heavy atom. The molecule has 12 heteroatoms. The molecule has 0 saturated carbocycles. The van der Waals surface area contributed by atoms with E-state index in [0.29, 0.717) is 29.7 Å². The lowest BCUT2D eigenvalue weighted by molar-refractivity contribution is -0.139. The van der Waals surface area contributed by atoms with Crippen LogP contribution in [0.4, 0.5) is 0 Å². The van der Waals surface area contributed by atoms with Crippen LogP contribution in [0.1, 0.15) is 156 Å². The van der Waals surface area contributed by atoms with Crippen LogP contribution < -0.4 is 4.74 Å². The summed E-state index contributed by atoms with van der Waals surface area (Å²) in [6.45, 7) is 56.3. The second-order valence-corrected chi connectivity index (χ2v) is 44.5. The van der Waals surface area contributed by atoms with Crippen LogP contribution >= 0.6 is 0 Å². The van der Waals surface area contributed by atoms with Crippen LogP contribution in [0.15, 0.2) is 24.3 Å². The number of rotatable bonds is 26. The summed E-state index contributed by atoms with van der Waals surface area (Å²) in [4.78, 5) is 28.4. The Morgan fingerprint density at radius 2 is 1.06 bits per heavy atom. The summed E-state index contributed by atoms with van der Waals surface area (Å²) >= 11 is 0. The van der Waals surface area contributed by atoms with E-state index < -0.39 is 63.1 Å². The van der Waals surface area contributed by atoms with Crippen LogP contribution in [0, 0.1) is 11.8 Å². The van der Waals surface area contributed by atoms with Gasteiger partial charge in [0, 0.05) is 24.9 Å². The number of carbonyl (C=O) groups is 2. The molecular formula is C51H100O8Si4. The van der Waals surface area contributed by atoms with Crippen molar-refractivity contribution in [3.63, 3.8) is 0 Å². The van der Waals surface area contributed by atoms with E-state index in [9.17, 15) is 4.79 Å². The van der Waals surface area contributed by atoms with Crippen LogP contribution in [0.2, 0.25) is 71.0 Å². The van der Waals surface area contributed by atoms with Crippen molar-refractivity contribution in [3.8, 4) is 5.75 Å². The van der Waals surface area contributed by atoms with E-state index >= 15 is 4.79 Å². The molecule has 0 aromatic heterocycles. The van der Waals surface area contributed by atoms with Crippen LogP contribution in [0.25, 0.3) is 0 Å². The Hall–Kier alpha value is -0.972. The van der Waals surface area contributed by atoms with Gasteiger partial charge in [0.1, 0.15) is 18.1 Å². The Morgan fingerprint density at radius 1 is 0.635 bits per heavy atom. The molecule has 1 aromatic carbocycles. The van der Waals surface area contributed by atoms with E-state index in [1.165, 1.54) is 0 Å². The van der Waals surface area contributed by atoms with Gasteiger partial charge >= 0.3 is 0 Å². The maximum absolute atomic E-state index is 15.7. The van der Waals surface area contributed by atoms with Crippen molar-refractivity contribution in [1.29, 1.82) is 0 Å². The minimum absolute atomic E-state index is 0.0146. The lowest BCUT2D eigenvalue weighted by Gasteiger charge is -2.48. The third kappa shape index (κ3) is 16.1. The normalized spacial score (nSPS) is 17.9. The summed E-state index contributed by atoms with van der Waals surface area (Å²) in [5.74, 6) is 0.227. The fourth-order valence-corrected chi connectivity index (χ4v) is 17.9. The Bertz CT molecular complexity index is 1530. The van der Waals surface area contributed by atoms with Crippen molar-refractivity contribution < 1.29 is 36.8 Å². The van der Waals surface area contributed by atoms with Crippen molar-refractivity contribution in [2.45, 2.75) is 258 Å². The van der Waals surface area contributed by atoms with Crippen molar-refractivity contribution in [2.75, 3.05) is 7.11 Å². The van der Waals surface area contributed by atoms with Gasteiger partial charge in [0.25, 0.3) is 0 Å². The number of hydrogen-bond acceptors (Lipinski definition) is 8. The van der Waals surface area contributed by atoms with Crippen LogP contribution in [-0.2, 0) is 38.6 Å². The third-order valence-corrected chi connectivity index (χ3v) is 35.4. The Balaban J connectivity index is 4.07. The van der Waals surface area contributed by atoms with E-state index in [4.69, 9.17) is 27.2 Å². The van der Waals surface area contributed by atoms with E-state index in [2.05, 4.69) is 157 Å². The van der Waals surface area contributed by atoms with Crippen LogP contribution in [-0.4, -0.2) is 82.5 Å². The lowest BCUT2D eigenvalue weighted by atomic mass is 9.84. The van der Waals surface area contributed by atoms with E-state index in [1.54, 1.807) is 7.11 Å². The van der Waals surface area contributed by atoms with Crippen molar-refractivity contribution in [1.82, 2.24) is 0 Å². The minimum atomic E-state index is -2.56. The number of aldehydes is 1. The first-order valence-electron chi connectivity index (χ1n) is 24.2. The minimum Gasteiger partial charge on any atom is -0.497 e. The molecule has 8 nitrogen and oxygen atoms in total. The molecule has 0 unspecified atom stereocenters. The molecular weight excluding hydrogens is 853 g/mol. The number of ketones is 1. The number of hydrogen-bond donors (Lipinski definition) is 0. The summed E-state index contributed by atoms with van der Waals surface area (Å²) in [6, 6.07) is 7.79. The molecule has 0 aliphatic carbocycles. The van der Waals surface area contributed by atoms with Gasteiger partial charge < -0.3 is 32.0 Å². The van der Waals surface area contributed by atoms with Gasteiger partial charge in [-0.1, -0.05) is 130 Å². The SMILES string of the molecule is COc1ccc(CO[C@](C)(C[C@@H](CC(=O)[C@H](O[Si](C)(C)C(C)(C)C)[C@@H](O[Si](C)(C)C(C)(C)C)[C@H](C)C[C@H](C)O[Si](C(C)C)(C(C)C)C(C)C)O[Si](C)(C)C(C)(C)C)[C@@H](C)C=O)cc1. The molecule has 1 rings (SSSR count). The molecule has 0 heterocycles. The Labute approximate surface area is 393 Å². The molecule has 7 atom stereocenters. The first-order valence-corrected chi connectivity index (χ1v) is 35.1. The first kappa shape index (κ1) is 60.0. The summed E-state index contributed by atoms with van der Waals surface area (Å²) in [7, 11) is -8.01. The highest BCUT2D eigenvalue weighted by Gasteiger charge is 2.51. The molecule has 0 spiro atoms. The molecule has 63 heavy (non-hydrogen) atoms. The molecule has 0 fully saturated rings. The van der Waals surface area contributed by atoms with Gasteiger partial charge in [0.2, 0.25) is 8.32 Å². The zero-order chi connectivity index (χ0) is 49.5. The average Bonchev–Trinajstić information content (AvgIpc) is 3.11.